The molecule has 1 amide bonds. The highest BCUT2D eigenvalue weighted by Crippen LogP contribution is 2.28. The van der Waals surface area contributed by atoms with Crippen molar-refractivity contribution in [1.29, 1.82) is 0 Å². The first-order valence-corrected chi connectivity index (χ1v) is 5.63. The van der Waals surface area contributed by atoms with E-state index in [9.17, 15) is 9.59 Å². The normalized spacial score (nSPS) is 25.1. The zero-order chi connectivity index (χ0) is 11.3. The molecule has 0 radical (unpaired) electrons. The topological polar surface area (TPSA) is 66.4 Å². The van der Waals surface area contributed by atoms with Crippen LogP contribution in [-0.4, -0.2) is 23.0 Å². The Morgan fingerprint density at radius 1 is 1.40 bits per heavy atom. The fourth-order valence-electron chi connectivity index (χ4n) is 2.17. The molecule has 1 rings (SSSR count). The van der Waals surface area contributed by atoms with Gasteiger partial charge in [-0.2, -0.15) is 0 Å². The van der Waals surface area contributed by atoms with Gasteiger partial charge in [0.2, 0.25) is 5.91 Å². The number of carbonyl (C=O) groups is 2. The van der Waals surface area contributed by atoms with E-state index in [-0.39, 0.29) is 24.3 Å². The van der Waals surface area contributed by atoms with Crippen molar-refractivity contribution in [2.75, 3.05) is 0 Å². The second kappa shape index (κ2) is 5.73. The van der Waals surface area contributed by atoms with Crippen LogP contribution in [0.2, 0.25) is 0 Å². The highest BCUT2D eigenvalue weighted by atomic mass is 16.4. The lowest BCUT2D eigenvalue weighted by Crippen LogP contribution is -2.32. The third kappa shape index (κ3) is 4.32. The molecule has 1 fully saturated rings. The molecule has 4 nitrogen and oxygen atoms in total. The van der Waals surface area contributed by atoms with Crippen molar-refractivity contribution in [2.45, 2.75) is 51.5 Å². The van der Waals surface area contributed by atoms with Crippen LogP contribution < -0.4 is 5.32 Å². The number of carbonyl (C=O) groups excluding carboxylic acids is 1. The van der Waals surface area contributed by atoms with Crippen LogP contribution in [0.15, 0.2) is 0 Å². The summed E-state index contributed by atoms with van der Waals surface area (Å²) in [5.74, 6) is -0.395. The molecule has 86 valence electrons. The number of nitrogens with one attached hydrogen (secondary N) is 1. The van der Waals surface area contributed by atoms with Crippen LogP contribution in [0.5, 0.6) is 0 Å². The third-order valence-electron chi connectivity index (χ3n) is 2.85. The predicted molar refractivity (Wildman–Crippen MR) is 56.4 cm³/mol. The van der Waals surface area contributed by atoms with Crippen LogP contribution >= 0.6 is 0 Å². The maximum Gasteiger partial charge on any atom is 0.303 e. The van der Waals surface area contributed by atoms with Crippen molar-refractivity contribution >= 4 is 11.9 Å². The van der Waals surface area contributed by atoms with Gasteiger partial charge in [0.15, 0.2) is 0 Å². The van der Waals surface area contributed by atoms with Crippen molar-refractivity contribution in [3.05, 3.63) is 0 Å². The Morgan fingerprint density at radius 2 is 2.13 bits per heavy atom. The summed E-state index contributed by atoms with van der Waals surface area (Å²) in [6.07, 6.45) is 4.33. The number of carboxylic acids is 1. The molecule has 0 aliphatic heterocycles. The van der Waals surface area contributed by atoms with Gasteiger partial charge in [0.25, 0.3) is 0 Å². The largest absolute Gasteiger partial charge is 0.481 e. The standard InChI is InChI=1S/C11H19NO3/c1-2-3-10(13)12-9-5-4-8(6-9)7-11(14)15/h8-9H,2-7H2,1H3,(H,12,13)(H,14,15). The van der Waals surface area contributed by atoms with Crippen LogP contribution in [0, 0.1) is 5.92 Å². The Morgan fingerprint density at radius 3 is 2.73 bits per heavy atom. The molecular formula is C11H19NO3. The minimum atomic E-state index is -0.736. The molecule has 0 aromatic rings. The molecule has 0 aromatic carbocycles. The van der Waals surface area contributed by atoms with E-state index in [1.165, 1.54) is 0 Å². The van der Waals surface area contributed by atoms with E-state index in [0.29, 0.717) is 6.42 Å². The summed E-state index contributed by atoms with van der Waals surface area (Å²) in [6, 6.07) is 0.202. The maximum atomic E-state index is 11.3. The number of carboxylic acid groups (broad SMARTS) is 1. The molecule has 1 saturated carbocycles. The maximum absolute atomic E-state index is 11.3. The minimum Gasteiger partial charge on any atom is -0.481 e. The number of hydrogen-bond donors (Lipinski definition) is 2. The van der Waals surface area contributed by atoms with Crippen molar-refractivity contribution in [3.63, 3.8) is 0 Å². The first kappa shape index (κ1) is 12.0. The molecular weight excluding hydrogens is 194 g/mol. The van der Waals surface area contributed by atoms with Gasteiger partial charge in [0.05, 0.1) is 0 Å². The van der Waals surface area contributed by atoms with E-state index in [2.05, 4.69) is 5.32 Å². The van der Waals surface area contributed by atoms with Gasteiger partial charge < -0.3 is 10.4 Å². The Hall–Kier alpha value is -1.06. The van der Waals surface area contributed by atoms with E-state index < -0.39 is 5.97 Å². The van der Waals surface area contributed by atoms with Crippen molar-refractivity contribution < 1.29 is 14.7 Å². The lowest BCUT2D eigenvalue weighted by molar-refractivity contribution is -0.138. The lowest BCUT2D eigenvalue weighted by Gasteiger charge is -2.12. The lowest BCUT2D eigenvalue weighted by atomic mass is 10.0. The number of amides is 1. The molecule has 0 spiro atoms. The molecule has 1 aliphatic carbocycles. The van der Waals surface area contributed by atoms with Crippen LogP contribution in [0.3, 0.4) is 0 Å². The average molecular weight is 213 g/mol. The van der Waals surface area contributed by atoms with E-state index in [4.69, 9.17) is 5.11 Å². The predicted octanol–water partition coefficient (Wildman–Crippen LogP) is 1.55. The molecule has 0 aromatic heterocycles. The van der Waals surface area contributed by atoms with E-state index >= 15 is 0 Å². The fraction of sp³-hybridized carbons (Fsp3) is 0.818. The van der Waals surface area contributed by atoms with E-state index in [1.807, 2.05) is 6.92 Å². The summed E-state index contributed by atoms with van der Waals surface area (Å²) in [4.78, 5) is 21.8. The fourth-order valence-corrected chi connectivity index (χ4v) is 2.17. The van der Waals surface area contributed by atoms with Crippen LogP contribution in [0.1, 0.15) is 45.4 Å². The van der Waals surface area contributed by atoms with Gasteiger partial charge >= 0.3 is 5.97 Å². The highest BCUT2D eigenvalue weighted by molar-refractivity contribution is 5.76. The second-order valence-corrected chi connectivity index (χ2v) is 4.29. The van der Waals surface area contributed by atoms with Crippen LogP contribution in [0.4, 0.5) is 0 Å². The van der Waals surface area contributed by atoms with Gasteiger partial charge in [-0.1, -0.05) is 6.92 Å². The van der Waals surface area contributed by atoms with Crippen molar-refractivity contribution in [3.8, 4) is 0 Å². The van der Waals surface area contributed by atoms with E-state index in [0.717, 1.165) is 25.7 Å². The summed E-state index contributed by atoms with van der Waals surface area (Å²) < 4.78 is 0. The van der Waals surface area contributed by atoms with Crippen molar-refractivity contribution in [2.24, 2.45) is 5.92 Å². The first-order valence-electron chi connectivity index (χ1n) is 5.63. The van der Waals surface area contributed by atoms with Gasteiger partial charge in [-0.25, -0.2) is 0 Å². The summed E-state index contributed by atoms with van der Waals surface area (Å²) in [5.41, 5.74) is 0. The SMILES string of the molecule is CCCC(=O)NC1CCC(CC(=O)O)C1. The molecule has 15 heavy (non-hydrogen) atoms. The molecule has 0 saturated heterocycles. The van der Waals surface area contributed by atoms with Gasteiger partial charge in [0, 0.05) is 18.9 Å². The van der Waals surface area contributed by atoms with Gasteiger partial charge in [-0.15, -0.1) is 0 Å². The van der Waals surface area contributed by atoms with E-state index in [1.54, 1.807) is 0 Å². The first-order chi connectivity index (χ1) is 7.11. The minimum absolute atomic E-state index is 0.0958. The molecule has 4 heteroatoms. The number of rotatable bonds is 5. The summed E-state index contributed by atoms with van der Waals surface area (Å²) in [7, 11) is 0. The second-order valence-electron chi connectivity index (χ2n) is 4.29. The molecule has 2 atom stereocenters. The highest BCUT2D eigenvalue weighted by Gasteiger charge is 2.26. The summed E-state index contributed by atoms with van der Waals surface area (Å²) in [6.45, 7) is 1.97. The molecule has 0 bridgehead atoms. The monoisotopic (exact) mass is 213 g/mol. The van der Waals surface area contributed by atoms with Gasteiger partial charge in [-0.3, -0.25) is 9.59 Å². The quantitative estimate of drug-likeness (QED) is 0.728. The zero-order valence-electron chi connectivity index (χ0n) is 9.16. The number of hydrogen-bond acceptors (Lipinski definition) is 2. The Kier molecular flexibility index (Phi) is 4.59. The average Bonchev–Trinajstić information content (AvgIpc) is 2.51. The van der Waals surface area contributed by atoms with Gasteiger partial charge in [0.1, 0.15) is 0 Å². The van der Waals surface area contributed by atoms with Crippen molar-refractivity contribution in [1.82, 2.24) is 5.32 Å². The Bertz CT molecular complexity index is 240. The summed E-state index contributed by atoms with van der Waals surface area (Å²) in [5, 5.41) is 11.6. The van der Waals surface area contributed by atoms with Crippen LogP contribution in [0.25, 0.3) is 0 Å². The zero-order valence-corrected chi connectivity index (χ0v) is 9.16. The molecule has 2 unspecified atom stereocenters. The molecule has 0 heterocycles. The smallest absolute Gasteiger partial charge is 0.303 e. The molecule has 1 aliphatic rings. The summed E-state index contributed by atoms with van der Waals surface area (Å²) >= 11 is 0. The number of aliphatic carboxylic acids is 1. The van der Waals surface area contributed by atoms with Gasteiger partial charge in [-0.05, 0) is 31.6 Å². The third-order valence-corrected chi connectivity index (χ3v) is 2.85. The molecule has 2 N–H and O–H groups in total. The van der Waals surface area contributed by atoms with Crippen LogP contribution in [-0.2, 0) is 9.59 Å². The Labute approximate surface area is 90.0 Å². The Balaban J connectivity index is 2.24.